The molecule has 0 aliphatic carbocycles. The highest BCUT2D eigenvalue weighted by molar-refractivity contribution is 8.01. The van der Waals surface area contributed by atoms with Crippen LogP contribution in [0.2, 0.25) is 0 Å². The third kappa shape index (κ3) is 5.25. The summed E-state index contributed by atoms with van der Waals surface area (Å²) >= 11 is 2.51. The molecule has 2 N–H and O–H groups in total. The fourth-order valence-corrected chi connectivity index (χ4v) is 4.48. The molecular weight excluding hydrogens is 420 g/mol. The summed E-state index contributed by atoms with van der Waals surface area (Å²) in [5.74, 6) is 0.614. The number of rotatable bonds is 8. The lowest BCUT2D eigenvalue weighted by molar-refractivity contribution is -0.119. The van der Waals surface area contributed by atoms with E-state index in [4.69, 9.17) is 4.42 Å². The molecule has 0 saturated heterocycles. The highest BCUT2D eigenvalue weighted by atomic mass is 32.2. The van der Waals surface area contributed by atoms with Crippen LogP contribution in [0.25, 0.3) is 10.8 Å². The number of fused-ring (bicyclic) bond motifs is 1. The van der Waals surface area contributed by atoms with E-state index >= 15 is 0 Å². The lowest BCUT2D eigenvalue weighted by atomic mass is 10.0. The molecule has 2 heterocycles. The van der Waals surface area contributed by atoms with Gasteiger partial charge in [-0.2, -0.15) is 0 Å². The van der Waals surface area contributed by atoms with Crippen LogP contribution >= 0.6 is 23.1 Å². The van der Waals surface area contributed by atoms with E-state index in [0.717, 1.165) is 16.3 Å². The van der Waals surface area contributed by atoms with Gasteiger partial charge in [-0.15, -0.1) is 10.2 Å². The Morgan fingerprint density at radius 3 is 2.73 bits per heavy atom. The van der Waals surface area contributed by atoms with Crippen molar-refractivity contribution < 1.29 is 14.0 Å². The van der Waals surface area contributed by atoms with Crippen LogP contribution in [0.4, 0.5) is 5.13 Å². The van der Waals surface area contributed by atoms with Crippen LogP contribution in [0.5, 0.6) is 0 Å². The van der Waals surface area contributed by atoms with Gasteiger partial charge in [0.2, 0.25) is 16.9 Å². The number of anilines is 1. The van der Waals surface area contributed by atoms with Crippen molar-refractivity contribution in [1.82, 2.24) is 15.5 Å². The van der Waals surface area contributed by atoms with Crippen molar-refractivity contribution in [3.63, 3.8) is 0 Å². The average molecular weight is 439 g/mol. The van der Waals surface area contributed by atoms with Crippen molar-refractivity contribution in [2.24, 2.45) is 0 Å². The van der Waals surface area contributed by atoms with E-state index in [-0.39, 0.29) is 24.0 Å². The van der Waals surface area contributed by atoms with Crippen molar-refractivity contribution in [2.75, 3.05) is 11.1 Å². The summed E-state index contributed by atoms with van der Waals surface area (Å²) in [4.78, 5) is 24.4. The van der Waals surface area contributed by atoms with Gasteiger partial charge in [0.25, 0.3) is 0 Å². The number of amides is 2. The van der Waals surface area contributed by atoms with Crippen LogP contribution in [-0.2, 0) is 22.6 Å². The van der Waals surface area contributed by atoms with Gasteiger partial charge in [-0.05, 0) is 28.5 Å². The van der Waals surface area contributed by atoms with Gasteiger partial charge < -0.3 is 15.1 Å². The molecule has 0 fully saturated rings. The van der Waals surface area contributed by atoms with Crippen LogP contribution in [0, 0.1) is 0 Å². The van der Waals surface area contributed by atoms with E-state index in [1.54, 1.807) is 18.4 Å². The molecule has 2 aromatic heterocycles. The minimum atomic E-state index is -0.157. The Bertz CT molecular complexity index is 1150. The summed E-state index contributed by atoms with van der Waals surface area (Å²) in [7, 11) is 0. The molecule has 9 heteroatoms. The van der Waals surface area contributed by atoms with E-state index in [1.807, 2.05) is 42.5 Å². The lowest BCUT2D eigenvalue weighted by Crippen LogP contribution is -2.24. The summed E-state index contributed by atoms with van der Waals surface area (Å²) in [5, 5.41) is 16.2. The van der Waals surface area contributed by atoms with Gasteiger partial charge in [0.15, 0.2) is 4.34 Å². The molecule has 0 unspecified atom stereocenters. The summed E-state index contributed by atoms with van der Waals surface area (Å²) in [5.41, 5.74) is 0.956. The van der Waals surface area contributed by atoms with Crippen molar-refractivity contribution in [2.45, 2.75) is 17.3 Å². The molecule has 4 rings (SSSR count). The van der Waals surface area contributed by atoms with E-state index < -0.39 is 0 Å². The largest absolute Gasteiger partial charge is 0.467 e. The summed E-state index contributed by atoms with van der Waals surface area (Å²) in [6.07, 6.45) is 1.81. The van der Waals surface area contributed by atoms with Crippen molar-refractivity contribution in [3.05, 3.63) is 72.2 Å². The maximum absolute atomic E-state index is 12.4. The zero-order valence-corrected chi connectivity index (χ0v) is 17.5. The Balaban J connectivity index is 1.27. The zero-order valence-electron chi connectivity index (χ0n) is 15.8. The minimum Gasteiger partial charge on any atom is -0.467 e. The molecule has 2 aromatic carbocycles. The Hall–Kier alpha value is -3.17. The smallest absolute Gasteiger partial charge is 0.230 e. The summed E-state index contributed by atoms with van der Waals surface area (Å²) < 4.78 is 5.79. The number of hydrogen-bond donors (Lipinski definition) is 2. The summed E-state index contributed by atoms with van der Waals surface area (Å²) in [6, 6.07) is 17.5. The average Bonchev–Trinajstić information content (AvgIpc) is 3.43. The third-order valence-corrected chi connectivity index (χ3v) is 6.22. The number of hydrogen-bond acceptors (Lipinski definition) is 7. The van der Waals surface area contributed by atoms with Gasteiger partial charge >= 0.3 is 0 Å². The van der Waals surface area contributed by atoms with Gasteiger partial charge in [0, 0.05) is 0 Å². The first-order chi connectivity index (χ1) is 14.7. The lowest BCUT2D eigenvalue weighted by Gasteiger charge is -2.06. The Morgan fingerprint density at radius 2 is 1.87 bits per heavy atom. The predicted octanol–water partition coefficient (Wildman–Crippen LogP) is 3.87. The van der Waals surface area contributed by atoms with Crippen LogP contribution in [0.15, 0.2) is 69.6 Å². The second-order valence-corrected chi connectivity index (χ2v) is 8.58. The monoisotopic (exact) mass is 438 g/mol. The molecule has 30 heavy (non-hydrogen) atoms. The second-order valence-electron chi connectivity index (χ2n) is 6.38. The fraction of sp³-hybridized carbons (Fsp3) is 0.143. The van der Waals surface area contributed by atoms with Gasteiger partial charge in [0.05, 0.1) is 25.0 Å². The van der Waals surface area contributed by atoms with E-state index in [1.165, 1.54) is 23.1 Å². The molecule has 152 valence electrons. The number of nitrogens with zero attached hydrogens (tertiary/aromatic N) is 2. The standard InChI is InChI=1S/C21H18N4O3S2/c26-18(11-15-7-3-6-14-5-1-2-9-17(14)15)23-20-24-25-21(30-20)29-13-19(27)22-12-16-8-4-10-28-16/h1-10H,11-13H2,(H,22,27)(H,23,24,26). The number of aromatic nitrogens is 2. The van der Waals surface area contributed by atoms with E-state index in [0.29, 0.717) is 21.8 Å². The van der Waals surface area contributed by atoms with Gasteiger partial charge in [0.1, 0.15) is 5.76 Å². The van der Waals surface area contributed by atoms with Crippen molar-refractivity contribution in [1.29, 1.82) is 0 Å². The third-order valence-electron chi connectivity index (χ3n) is 4.25. The Morgan fingerprint density at radius 1 is 1.00 bits per heavy atom. The first kappa shape index (κ1) is 20.1. The van der Waals surface area contributed by atoms with Gasteiger partial charge in [-0.3, -0.25) is 9.59 Å². The molecular formula is C21H18N4O3S2. The molecule has 0 spiro atoms. The van der Waals surface area contributed by atoms with Gasteiger partial charge in [-0.1, -0.05) is 65.6 Å². The Labute approximate surface area is 180 Å². The molecule has 0 aliphatic rings. The number of nitrogens with one attached hydrogen (secondary N) is 2. The Kier molecular flexibility index (Phi) is 6.41. The second kappa shape index (κ2) is 9.55. The van der Waals surface area contributed by atoms with Crippen LogP contribution in [-0.4, -0.2) is 27.8 Å². The summed E-state index contributed by atoms with van der Waals surface area (Å²) in [6.45, 7) is 0.345. The van der Waals surface area contributed by atoms with Crippen LogP contribution in [0.3, 0.4) is 0 Å². The molecule has 7 nitrogen and oxygen atoms in total. The van der Waals surface area contributed by atoms with E-state index in [9.17, 15) is 9.59 Å². The van der Waals surface area contributed by atoms with Crippen molar-refractivity contribution >= 4 is 50.8 Å². The predicted molar refractivity (Wildman–Crippen MR) is 117 cm³/mol. The molecule has 0 saturated carbocycles. The molecule has 0 atom stereocenters. The first-order valence-corrected chi connectivity index (χ1v) is 11.0. The SMILES string of the molecule is O=C(CSc1nnc(NC(=O)Cc2cccc3ccccc23)s1)NCc1ccco1. The van der Waals surface area contributed by atoms with Crippen molar-refractivity contribution in [3.8, 4) is 0 Å². The topological polar surface area (TPSA) is 97.1 Å². The van der Waals surface area contributed by atoms with Crippen LogP contribution in [0.1, 0.15) is 11.3 Å². The maximum Gasteiger partial charge on any atom is 0.230 e. The highest BCUT2D eigenvalue weighted by Crippen LogP contribution is 2.26. The quantitative estimate of drug-likeness (QED) is 0.320. The number of carbonyl (C=O) groups excluding carboxylic acids is 2. The van der Waals surface area contributed by atoms with Gasteiger partial charge in [-0.25, -0.2) is 0 Å². The zero-order chi connectivity index (χ0) is 20.8. The normalized spacial score (nSPS) is 10.8. The highest BCUT2D eigenvalue weighted by Gasteiger charge is 2.12. The molecule has 2 amide bonds. The van der Waals surface area contributed by atoms with E-state index in [2.05, 4.69) is 20.8 Å². The number of benzene rings is 2. The van der Waals surface area contributed by atoms with Crippen LogP contribution < -0.4 is 10.6 Å². The fourth-order valence-electron chi connectivity index (χ4n) is 2.88. The molecule has 0 bridgehead atoms. The maximum atomic E-state index is 12.4. The number of thioether (sulfide) groups is 1. The number of carbonyl (C=O) groups is 2. The molecule has 4 aromatic rings. The molecule has 0 aliphatic heterocycles. The molecule has 0 radical (unpaired) electrons. The first-order valence-electron chi connectivity index (χ1n) is 9.19. The number of furan rings is 1. The minimum absolute atomic E-state index is 0.131.